The molecule has 0 bridgehead atoms. The molecule has 9 heteroatoms. The molecular weight excluding hydrogens is 420 g/mol. The maximum atomic E-state index is 12.8. The Kier molecular flexibility index (Phi) is 5.39. The Morgan fingerprint density at radius 1 is 1.23 bits per heavy atom. The maximum Gasteiger partial charge on any atom is 0.356 e. The van der Waals surface area contributed by atoms with Crippen LogP contribution in [-0.2, 0) is 0 Å². The van der Waals surface area contributed by atoms with Gasteiger partial charge in [0.15, 0.2) is 16.9 Å². The van der Waals surface area contributed by atoms with E-state index in [1.807, 2.05) is 19.9 Å². The Balaban J connectivity index is 1.84. The maximum absolute atomic E-state index is 12.8. The van der Waals surface area contributed by atoms with Crippen molar-refractivity contribution in [3.8, 4) is 11.5 Å². The lowest BCUT2D eigenvalue weighted by molar-refractivity contribution is 0.0691. The van der Waals surface area contributed by atoms with E-state index in [4.69, 9.17) is 16.0 Å². The first-order valence-electron chi connectivity index (χ1n) is 9.34. The third kappa shape index (κ3) is 4.10. The van der Waals surface area contributed by atoms with Gasteiger partial charge in [0, 0.05) is 24.0 Å². The molecule has 0 saturated heterocycles. The number of halogens is 1. The highest BCUT2D eigenvalue weighted by molar-refractivity contribution is 6.29. The van der Waals surface area contributed by atoms with Crippen LogP contribution in [0.15, 0.2) is 58.1 Å². The number of carboxylic acid groups (broad SMARTS) is 1. The van der Waals surface area contributed by atoms with Gasteiger partial charge in [-0.2, -0.15) is 0 Å². The first-order valence-corrected chi connectivity index (χ1v) is 9.72. The molecule has 4 aromatic rings. The van der Waals surface area contributed by atoms with Crippen LogP contribution in [-0.4, -0.2) is 26.0 Å². The standard InChI is InChI=1S/C22H17ClN4O4/c1-11-7-13(12(2)26-15-3-4-19(23)27-20(15)22(29)30)21-14(8-11)17(28)9-18(31-21)16-10-24-5-6-25-16/h3-10,12,26H,1-2H3,(H,29,30). The molecule has 1 unspecified atom stereocenters. The highest BCUT2D eigenvalue weighted by Gasteiger charge is 2.19. The second kappa shape index (κ2) is 8.16. The predicted octanol–water partition coefficient (Wildman–Crippen LogP) is 4.48. The summed E-state index contributed by atoms with van der Waals surface area (Å²) in [6, 6.07) is 7.67. The number of anilines is 1. The van der Waals surface area contributed by atoms with Gasteiger partial charge in [-0.15, -0.1) is 0 Å². The van der Waals surface area contributed by atoms with Crippen molar-refractivity contribution >= 4 is 34.2 Å². The fourth-order valence-corrected chi connectivity index (χ4v) is 3.48. The predicted molar refractivity (Wildman–Crippen MR) is 116 cm³/mol. The van der Waals surface area contributed by atoms with Crippen molar-refractivity contribution in [3.63, 3.8) is 0 Å². The number of carboxylic acids is 1. The van der Waals surface area contributed by atoms with E-state index in [2.05, 4.69) is 20.3 Å². The van der Waals surface area contributed by atoms with Gasteiger partial charge in [0.1, 0.15) is 16.4 Å². The topological polar surface area (TPSA) is 118 Å². The zero-order valence-electron chi connectivity index (χ0n) is 16.6. The van der Waals surface area contributed by atoms with Crippen LogP contribution < -0.4 is 10.7 Å². The van der Waals surface area contributed by atoms with Gasteiger partial charge in [-0.3, -0.25) is 9.78 Å². The summed E-state index contributed by atoms with van der Waals surface area (Å²) in [7, 11) is 0. The molecule has 0 amide bonds. The molecule has 1 atom stereocenters. The van der Waals surface area contributed by atoms with Crippen molar-refractivity contribution in [3.05, 3.63) is 81.1 Å². The van der Waals surface area contributed by atoms with Crippen LogP contribution in [0.5, 0.6) is 0 Å². The summed E-state index contributed by atoms with van der Waals surface area (Å²) in [4.78, 5) is 36.5. The van der Waals surface area contributed by atoms with Crippen molar-refractivity contribution in [2.24, 2.45) is 0 Å². The Labute approximate surface area is 181 Å². The molecule has 0 saturated carbocycles. The molecule has 3 aromatic heterocycles. The lowest BCUT2D eigenvalue weighted by Gasteiger charge is -2.19. The number of rotatable bonds is 5. The van der Waals surface area contributed by atoms with E-state index in [9.17, 15) is 14.7 Å². The third-order valence-corrected chi connectivity index (χ3v) is 4.93. The van der Waals surface area contributed by atoms with Crippen molar-refractivity contribution in [1.29, 1.82) is 0 Å². The Morgan fingerprint density at radius 3 is 2.74 bits per heavy atom. The number of hydrogen-bond acceptors (Lipinski definition) is 7. The smallest absolute Gasteiger partial charge is 0.356 e. The third-order valence-electron chi connectivity index (χ3n) is 4.72. The fraction of sp³-hybridized carbons (Fsp3) is 0.136. The molecule has 156 valence electrons. The molecule has 1 aromatic carbocycles. The van der Waals surface area contributed by atoms with Crippen molar-refractivity contribution in [2.75, 3.05) is 5.32 Å². The summed E-state index contributed by atoms with van der Waals surface area (Å²) in [5.41, 5.74) is 2.26. The number of nitrogens with one attached hydrogen (secondary N) is 1. The van der Waals surface area contributed by atoms with Crippen molar-refractivity contribution < 1.29 is 14.3 Å². The number of aryl methyl sites for hydroxylation is 1. The van der Waals surface area contributed by atoms with Crippen LogP contribution in [0, 0.1) is 6.92 Å². The summed E-state index contributed by atoms with van der Waals surface area (Å²) in [5, 5.41) is 13.1. The molecule has 4 rings (SSSR count). The Morgan fingerprint density at radius 2 is 2.03 bits per heavy atom. The molecule has 31 heavy (non-hydrogen) atoms. The summed E-state index contributed by atoms with van der Waals surface area (Å²) in [6.45, 7) is 3.71. The first kappa shape index (κ1) is 20.5. The van der Waals surface area contributed by atoms with Crippen LogP contribution in [0.3, 0.4) is 0 Å². The highest BCUT2D eigenvalue weighted by atomic mass is 35.5. The number of aromatic carboxylic acids is 1. The van der Waals surface area contributed by atoms with Gasteiger partial charge in [-0.05, 0) is 37.6 Å². The van der Waals surface area contributed by atoms with E-state index < -0.39 is 12.0 Å². The first-order chi connectivity index (χ1) is 14.8. The van der Waals surface area contributed by atoms with Crippen molar-refractivity contribution in [2.45, 2.75) is 19.9 Å². The Bertz CT molecular complexity index is 1360. The normalized spacial score (nSPS) is 12.0. The van der Waals surface area contributed by atoms with E-state index in [-0.39, 0.29) is 16.3 Å². The summed E-state index contributed by atoms with van der Waals surface area (Å²) in [6.07, 6.45) is 4.56. The van der Waals surface area contributed by atoms with E-state index in [0.717, 1.165) is 5.56 Å². The highest BCUT2D eigenvalue weighted by Crippen LogP contribution is 2.30. The van der Waals surface area contributed by atoms with Crippen LogP contribution in [0.4, 0.5) is 5.69 Å². The number of fused-ring (bicyclic) bond motifs is 1. The van der Waals surface area contributed by atoms with Gasteiger partial charge < -0.3 is 14.8 Å². The summed E-state index contributed by atoms with van der Waals surface area (Å²) < 4.78 is 6.07. The van der Waals surface area contributed by atoms with E-state index in [0.29, 0.717) is 33.7 Å². The quantitative estimate of drug-likeness (QED) is 0.439. The molecule has 0 spiro atoms. The molecule has 0 aliphatic heterocycles. The SMILES string of the molecule is Cc1cc(C(C)Nc2ccc(Cl)nc2C(=O)O)c2oc(-c3cnccn3)cc(=O)c2c1. The molecule has 8 nitrogen and oxygen atoms in total. The van der Waals surface area contributed by atoms with Gasteiger partial charge in [0.25, 0.3) is 0 Å². The second-order valence-electron chi connectivity index (χ2n) is 7.00. The molecule has 0 radical (unpaired) electrons. The molecule has 2 N–H and O–H groups in total. The molecule has 0 aliphatic rings. The lowest BCUT2D eigenvalue weighted by Crippen LogP contribution is -2.13. The monoisotopic (exact) mass is 436 g/mol. The summed E-state index contributed by atoms with van der Waals surface area (Å²) >= 11 is 5.84. The van der Waals surface area contributed by atoms with Crippen LogP contribution >= 0.6 is 11.6 Å². The van der Waals surface area contributed by atoms with E-state index in [1.165, 1.54) is 30.7 Å². The minimum atomic E-state index is -1.21. The lowest BCUT2D eigenvalue weighted by atomic mass is 10.0. The number of pyridine rings is 1. The average molecular weight is 437 g/mol. The van der Waals surface area contributed by atoms with Gasteiger partial charge in [0.05, 0.1) is 23.3 Å². The van der Waals surface area contributed by atoms with Gasteiger partial charge >= 0.3 is 5.97 Å². The van der Waals surface area contributed by atoms with E-state index in [1.54, 1.807) is 12.1 Å². The van der Waals surface area contributed by atoms with Crippen LogP contribution in [0.2, 0.25) is 5.15 Å². The number of aromatic nitrogens is 3. The Hall–Kier alpha value is -3.78. The largest absolute Gasteiger partial charge is 0.476 e. The minimum absolute atomic E-state index is 0.0798. The van der Waals surface area contributed by atoms with Crippen LogP contribution in [0.1, 0.15) is 34.6 Å². The molecule has 3 heterocycles. The zero-order valence-corrected chi connectivity index (χ0v) is 17.3. The summed E-state index contributed by atoms with van der Waals surface area (Å²) in [5.74, 6) is -0.912. The fourth-order valence-electron chi connectivity index (χ4n) is 3.33. The average Bonchev–Trinajstić information content (AvgIpc) is 2.75. The van der Waals surface area contributed by atoms with Gasteiger partial charge in [-0.1, -0.05) is 17.7 Å². The molecular formula is C22H17ClN4O4. The number of nitrogens with zero attached hydrogens (tertiary/aromatic N) is 3. The number of carbonyl (C=O) groups is 1. The molecule has 0 aliphatic carbocycles. The number of benzene rings is 1. The van der Waals surface area contributed by atoms with Crippen molar-refractivity contribution in [1.82, 2.24) is 15.0 Å². The van der Waals surface area contributed by atoms with Gasteiger partial charge in [0.2, 0.25) is 0 Å². The van der Waals surface area contributed by atoms with Gasteiger partial charge in [-0.25, -0.2) is 14.8 Å². The molecule has 0 fully saturated rings. The van der Waals surface area contributed by atoms with E-state index >= 15 is 0 Å². The minimum Gasteiger partial charge on any atom is -0.476 e. The second-order valence-corrected chi connectivity index (χ2v) is 7.38. The zero-order chi connectivity index (χ0) is 22.1. The number of hydrogen-bond donors (Lipinski definition) is 2. The van der Waals surface area contributed by atoms with Crippen LogP contribution in [0.25, 0.3) is 22.4 Å².